The number of nitrogens with zero attached hydrogens (tertiary/aromatic N) is 4. The lowest BCUT2D eigenvalue weighted by Crippen LogP contribution is -2.25. The van der Waals surface area contributed by atoms with E-state index in [1.165, 1.54) is 6.42 Å². The molecule has 0 saturated carbocycles. The third kappa shape index (κ3) is 2.48. The summed E-state index contributed by atoms with van der Waals surface area (Å²) < 4.78 is 8.07. The van der Waals surface area contributed by atoms with Gasteiger partial charge < -0.3 is 9.30 Å². The Balaban J connectivity index is 1.79. The predicted molar refractivity (Wildman–Crippen MR) is 84.4 cm³/mol. The summed E-state index contributed by atoms with van der Waals surface area (Å²) in [6.07, 6.45) is 9.16. The van der Waals surface area contributed by atoms with E-state index in [4.69, 9.17) is 9.72 Å². The number of imidazole rings is 1. The van der Waals surface area contributed by atoms with E-state index in [0.29, 0.717) is 0 Å². The number of hydrogen-bond donors (Lipinski definition) is 0. The monoisotopic (exact) mass is 294 g/mol. The van der Waals surface area contributed by atoms with Crippen molar-refractivity contribution in [3.05, 3.63) is 42.9 Å². The molecule has 0 N–H and O–H groups in total. The first-order valence-corrected chi connectivity index (χ1v) is 7.75. The minimum atomic E-state index is 0.239. The zero-order chi connectivity index (χ0) is 14.8. The molecule has 1 atom stereocenters. The quantitative estimate of drug-likeness (QED) is 0.745. The van der Waals surface area contributed by atoms with Gasteiger partial charge in [0, 0.05) is 30.8 Å². The molecular formula is C17H18N4O. The number of rotatable bonds is 3. The van der Waals surface area contributed by atoms with Crippen molar-refractivity contribution in [1.29, 1.82) is 0 Å². The molecular weight excluding hydrogens is 276 g/mol. The lowest BCUT2D eigenvalue weighted by atomic mass is 10.1. The van der Waals surface area contributed by atoms with Gasteiger partial charge in [0.15, 0.2) is 5.65 Å². The fourth-order valence-electron chi connectivity index (χ4n) is 3.00. The summed E-state index contributed by atoms with van der Waals surface area (Å²) in [7, 11) is 0. The van der Waals surface area contributed by atoms with E-state index in [0.717, 1.165) is 48.5 Å². The molecule has 5 heteroatoms. The topological polar surface area (TPSA) is 52.8 Å². The summed E-state index contributed by atoms with van der Waals surface area (Å²) in [5.41, 5.74) is 2.84. The minimum Gasteiger partial charge on any atom is -0.376 e. The Bertz CT molecular complexity index is 763. The van der Waals surface area contributed by atoms with Crippen molar-refractivity contribution in [2.45, 2.75) is 31.9 Å². The van der Waals surface area contributed by atoms with Crippen LogP contribution >= 0.6 is 0 Å². The van der Waals surface area contributed by atoms with Crippen LogP contribution in [0.4, 0.5) is 0 Å². The average molecular weight is 294 g/mol. The molecule has 0 radical (unpaired) electrons. The van der Waals surface area contributed by atoms with Crippen molar-refractivity contribution in [1.82, 2.24) is 19.5 Å². The second kappa shape index (κ2) is 5.85. The zero-order valence-corrected chi connectivity index (χ0v) is 12.4. The van der Waals surface area contributed by atoms with Crippen LogP contribution in [0.2, 0.25) is 0 Å². The molecule has 0 aromatic carbocycles. The summed E-state index contributed by atoms with van der Waals surface area (Å²) in [4.78, 5) is 13.5. The number of ether oxygens (including phenoxy) is 1. The van der Waals surface area contributed by atoms with Crippen LogP contribution < -0.4 is 0 Å². The van der Waals surface area contributed by atoms with Gasteiger partial charge in [-0.15, -0.1) is 0 Å². The van der Waals surface area contributed by atoms with E-state index in [9.17, 15) is 0 Å². The lowest BCUT2D eigenvalue weighted by molar-refractivity contribution is 0.00678. The first-order valence-electron chi connectivity index (χ1n) is 7.75. The normalized spacial score (nSPS) is 18.6. The van der Waals surface area contributed by atoms with Crippen LogP contribution in [0.1, 0.15) is 19.3 Å². The van der Waals surface area contributed by atoms with Gasteiger partial charge in [0.1, 0.15) is 11.3 Å². The van der Waals surface area contributed by atoms with Crippen LogP contribution in [0.3, 0.4) is 0 Å². The van der Waals surface area contributed by atoms with Gasteiger partial charge in [0.25, 0.3) is 0 Å². The van der Waals surface area contributed by atoms with E-state index < -0.39 is 0 Å². The molecule has 3 aromatic heterocycles. The Morgan fingerprint density at radius 2 is 2.14 bits per heavy atom. The van der Waals surface area contributed by atoms with Gasteiger partial charge >= 0.3 is 0 Å². The van der Waals surface area contributed by atoms with Gasteiger partial charge in [-0.1, -0.05) is 0 Å². The third-order valence-electron chi connectivity index (χ3n) is 4.08. The van der Waals surface area contributed by atoms with E-state index in [1.807, 2.05) is 36.7 Å². The second-order valence-corrected chi connectivity index (χ2v) is 5.62. The Hall–Kier alpha value is -2.27. The van der Waals surface area contributed by atoms with Crippen LogP contribution in [-0.2, 0) is 11.3 Å². The maximum absolute atomic E-state index is 5.90. The zero-order valence-electron chi connectivity index (χ0n) is 12.4. The largest absolute Gasteiger partial charge is 0.376 e. The summed E-state index contributed by atoms with van der Waals surface area (Å²) in [6, 6.07) is 7.89. The molecule has 4 rings (SSSR count). The Labute approximate surface area is 129 Å². The first kappa shape index (κ1) is 13.4. The van der Waals surface area contributed by atoms with Crippen molar-refractivity contribution in [2.75, 3.05) is 6.61 Å². The number of aromatic nitrogens is 4. The SMILES string of the molecule is c1cncc(-c2nc3cccnc3n2CC2CCCCO2)c1. The number of fused-ring (bicyclic) bond motifs is 1. The lowest BCUT2D eigenvalue weighted by Gasteiger charge is -2.23. The Morgan fingerprint density at radius 3 is 2.95 bits per heavy atom. The molecule has 22 heavy (non-hydrogen) atoms. The molecule has 1 aliphatic rings. The van der Waals surface area contributed by atoms with Crippen molar-refractivity contribution in [3.63, 3.8) is 0 Å². The fourth-order valence-corrected chi connectivity index (χ4v) is 3.00. The van der Waals surface area contributed by atoms with Gasteiger partial charge in [0.2, 0.25) is 0 Å². The van der Waals surface area contributed by atoms with Crippen LogP contribution in [-0.4, -0.2) is 32.2 Å². The minimum absolute atomic E-state index is 0.239. The molecule has 1 aliphatic heterocycles. The maximum atomic E-state index is 5.90. The van der Waals surface area contributed by atoms with E-state index >= 15 is 0 Å². The third-order valence-corrected chi connectivity index (χ3v) is 4.08. The van der Waals surface area contributed by atoms with Crippen LogP contribution in [0.25, 0.3) is 22.6 Å². The summed E-state index contributed by atoms with van der Waals surface area (Å²) in [5, 5.41) is 0. The van der Waals surface area contributed by atoms with Gasteiger partial charge in [-0.3, -0.25) is 4.98 Å². The van der Waals surface area contributed by atoms with Gasteiger partial charge in [-0.2, -0.15) is 0 Å². The standard InChI is InChI=1S/C17H18N4O/c1-2-10-22-14(6-1)12-21-16(13-5-3-8-18-11-13)20-15-7-4-9-19-17(15)21/h3-5,7-9,11,14H,1-2,6,10,12H2. The molecule has 5 nitrogen and oxygen atoms in total. The molecule has 0 bridgehead atoms. The maximum Gasteiger partial charge on any atom is 0.160 e. The van der Waals surface area contributed by atoms with Crippen molar-refractivity contribution in [3.8, 4) is 11.4 Å². The molecule has 1 fully saturated rings. The highest BCUT2D eigenvalue weighted by molar-refractivity contribution is 5.76. The van der Waals surface area contributed by atoms with Gasteiger partial charge in [0.05, 0.1) is 12.6 Å². The fraction of sp³-hybridized carbons (Fsp3) is 0.353. The predicted octanol–water partition coefficient (Wildman–Crippen LogP) is 3.06. The molecule has 112 valence electrons. The first-order chi connectivity index (χ1) is 10.9. The van der Waals surface area contributed by atoms with Crippen molar-refractivity contribution >= 4 is 11.2 Å². The summed E-state index contributed by atoms with van der Waals surface area (Å²) in [5.74, 6) is 0.913. The van der Waals surface area contributed by atoms with Crippen molar-refractivity contribution in [2.24, 2.45) is 0 Å². The molecule has 0 amide bonds. The Kier molecular flexibility index (Phi) is 3.56. The molecule has 0 aliphatic carbocycles. The molecule has 1 unspecified atom stereocenters. The second-order valence-electron chi connectivity index (χ2n) is 5.62. The Morgan fingerprint density at radius 1 is 1.18 bits per heavy atom. The van der Waals surface area contributed by atoms with E-state index in [1.54, 1.807) is 6.20 Å². The van der Waals surface area contributed by atoms with E-state index in [-0.39, 0.29) is 6.10 Å². The van der Waals surface area contributed by atoms with E-state index in [2.05, 4.69) is 14.5 Å². The number of pyridine rings is 2. The highest BCUT2D eigenvalue weighted by Gasteiger charge is 2.20. The van der Waals surface area contributed by atoms with Gasteiger partial charge in [-0.25, -0.2) is 9.97 Å². The van der Waals surface area contributed by atoms with Crippen LogP contribution in [0.15, 0.2) is 42.9 Å². The smallest absolute Gasteiger partial charge is 0.160 e. The van der Waals surface area contributed by atoms with Crippen molar-refractivity contribution < 1.29 is 4.74 Å². The summed E-state index contributed by atoms with van der Waals surface area (Å²) in [6.45, 7) is 1.64. The highest BCUT2D eigenvalue weighted by Crippen LogP contribution is 2.25. The molecule has 3 aromatic rings. The highest BCUT2D eigenvalue weighted by atomic mass is 16.5. The van der Waals surface area contributed by atoms with Crippen LogP contribution in [0.5, 0.6) is 0 Å². The molecule has 1 saturated heterocycles. The average Bonchev–Trinajstić information content (AvgIpc) is 2.95. The molecule has 4 heterocycles. The van der Waals surface area contributed by atoms with Crippen LogP contribution in [0, 0.1) is 0 Å². The van der Waals surface area contributed by atoms with Gasteiger partial charge in [-0.05, 0) is 43.5 Å². The molecule has 0 spiro atoms. The number of hydrogen-bond acceptors (Lipinski definition) is 4. The summed E-state index contributed by atoms with van der Waals surface area (Å²) >= 11 is 0.